The summed E-state index contributed by atoms with van der Waals surface area (Å²) in [6.07, 6.45) is 3.46. The lowest BCUT2D eigenvalue weighted by Gasteiger charge is -2.13. The molecular formula is C25H27N3O4. The van der Waals surface area contributed by atoms with Gasteiger partial charge in [-0.2, -0.15) is 0 Å². The highest BCUT2D eigenvalue weighted by Gasteiger charge is 2.28. The van der Waals surface area contributed by atoms with Crippen molar-refractivity contribution in [1.82, 2.24) is 14.8 Å². The Bertz CT molecular complexity index is 1130. The van der Waals surface area contributed by atoms with E-state index in [0.29, 0.717) is 37.2 Å². The van der Waals surface area contributed by atoms with Gasteiger partial charge in [-0.15, -0.1) is 0 Å². The summed E-state index contributed by atoms with van der Waals surface area (Å²) in [6, 6.07) is 15.1. The van der Waals surface area contributed by atoms with Crippen LogP contribution in [0.5, 0.6) is 5.75 Å². The highest BCUT2D eigenvalue weighted by Crippen LogP contribution is 2.23. The molecule has 2 amide bonds. The predicted octanol–water partition coefficient (Wildman–Crippen LogP) is 2.95. The number of amides is 2. The third kappa shape index (κ3) is 4.82. The van der Waals surface area contributed by atoms with Crippen molar-refractivity contribution < 1.29 is 19.1 Å². The van der Waals surface area contributed by atoms with Crippen molar-refractivity contribution in [2.45, 2.75) is 26.3 Å². The summed E-state index contributed by atoms with van der Waals surface area (Å²) in [5, 5.41) is 3.52. The summed E-state index contributed by atoms with van der Waals surface area (Å²) < 4.78 is 7.35. The first-order valence-corrected chi connectivity index (χ1v) is 10.9. The Hall–Kier alpha value is -3.61. The number of nitrogens with one attached hydrogen (secondary N) is 1. The lowest BCUT2D eigenvalue weighted by Crippen LogP contribution is -2.34. The minimum absolute atomic E-state index is 0.0518. The van der Waals surface area contributed by atoms with E-state index in [1.165, 1.54) is 0 Å². The van der Waals surface area contributed by atoms with Crippen LogP contribution in [0.15, 0.2) is 54.7 Å². The molecule has 1 fully saturated rings. The molecule has 0 unspecified atom stereocenters. The van der Waals surface area contributed by atoms with E-state index in [2.05, 4.69) is 5.32 Å². The predicted molar refractivity (Wildman–Crippen MR) is 122 cm³/mol. The molecule has 0 saturated carbocycles. The molecule has 1 saturated heterocycles. The molecule has 1 aliphatic rings. The molecule has 2 heterocycles. The van der Waals surface area contributed by atoms with Crippen LogP contribution < -0.4 is 10.1 Å². The molecule has 0 radical (unpaired) electrons. The Balaban J connectivity index is 1.39. The van der Waals surface area contributed by atoms with Gasteiger partial charge in [-0.3, -0.25) is 14.4 Å². The van der Waals surface area contributed by atoms with Gasteiger partial charge in [-0.05, 0) is 38.0 Å². The van der Waals surface area contributed by atoms with Crippen molar-refractivity contribution in [3.8, 4) is 5.75 Å². The number of aromatic nitrogens is 1. The number of benzene rings is 2. The monoisotopic (exact) mass is 433 g/mol. The van der Waals surface area contributed by atoms with E-state index in [1.807, 2.05) is 55.5 Å². The molecule has 1 aromatic heterocycles. The van der Waals surface area contributed by atoms with Crippen molar-refractivity contribution in [2.24, 2.45) is 0 Å². The first-order valence-electron chi connectivity index (χ1n) is 10.9. The fourth-order valence-corrected chi connectivity index (χ4v) is 3.94. The van der Waals surface area contributed by atoms with Gasteiger partial charge in [-0.1, -0.05) is 35.9 Å². The third-order valence-corrected chi connectivity index (χ3v) is 5.65. The van der Waals surface area contributed by atoms with Crippen molar-refractivity contribution >= 4 is 28.5 Å². The smallest absolute Gasteiger partial charge is 0.295 e. The van der Waals surface area contributed by atoms with Crippen molar-refractivity contribution in [3.05, 3.63) is 65.9 Å². The zero-order valence-corrected chi connectivity index (χ0v) is 18.2. The van der Waals surface area contributed by atoms with Crippen LogP contribution in [-0.4, -0.2) is 53.3 Å². The number of ketones is 1. The number of hydrogen-bond donors (Lipinski definition) is 1. The van der Waals surface area contributed by atoms with E-state index >= 15 is 0 Å². The van der Waals surface area contributed by atoms with Crippen molar-refractivity contribution in [2.75, 3.05) is 26.2 Å². The van der Waals surface area contributed by atoms with Gasteiger partial charge in [0.2, 0.25) is 5.91 Å². The molecule has 0 bridgehead atoms. The normalized spacial score (nSPS) is 13.3. The Morgan fingerprint density at radius 1 is 1.00 bits per heavy atom. The van der Waals surface area contributed by atoms with Gasteiger partial charge in [-0.25, -0.2) is 0 Å². The van der Waals surface area contributed by atoms with Gasteiger partial charge >= 0.3 is 0 Å². The Labute approximate surface area is 187 Å². The molecule has 166 valence electrons. The Morgan fingerprint density at radius 2 is 1.72 bits per heavy atom. The summed E-state index contributed by atoms with van der Waals surface area (Å²) >= 11 is 0. The number of ether oxygens (including phenoxy) is 1. The summed E-state index contributed by atoms with van der Waals surface area (Å²) in [7, 11) is 0. The van der Waals surface area contributed by atoms with E-state index < -0.39 is 11.7 Å². The van der Waals surface area contributed by atoms with Crippen LogP contribution in [0, 0.1) is 6.92 Å². The first-order chi connectivity index (χ1) is 15.5. The quantitative estimate of drug-likeness (QED) is 0.337. The standard InChI is InChI=1S/C25H27N3O4/c1-18-8-10-19(11-9-18)32-15-12-26-23(29)17-28-16-21(20-6-2-3-7-22(20)28)24(30)25(31)27-13-4-5-14-27/h2-3,6-11,16H,4-5,12-15,17H2,1H3,(H,26,29). The molecule has 0 aliphatic carbocycles. The maximum Gasteiger partial charge on any atom is 0.295 e. The second-order valence-electron chi connectivity index (χ2n) is 8.03. The fraction of sp³-hybridized carbons (Fsp3) is 0.320. The number of likely N-dealkylation sites (tertiary alicyclic amines) is 1. The first kappa shape index (κ1) is 21.6. The number of aryl methyl sites for hydroxylation is 1. The van der Waals surface area contributed by atoms with Gasteiger partial charge in [0.25, 0.3) is 11.7 Å². The molecule has 1 aliphatic heterocycles. The van der Waals surface area contributed by atoms with Crippen molar-refractivity contribution in [1.29, 1.82) is 0 Å². The number of carbonyl (C=O) groups is 3. The van der Waals surface area contributed by atoms with Gasteiger partial charge < -0.3 is 19.5 Å². The average molecular weight is 434 g/mol. The van der Waals surface area contributed by atoms with Gasteiger partial charge in [0.15, 0.2) is 0 Å². The number of fused-ring (bicyclic) bond motifs is 1. The number of nitrogens with zero attached hydrogens (tertiary/aromatic N) is 2. The second-order valence-corrected chi connectivity index (χ2v) is 8.03. The molecule has 32 heavy (non-hydrogen) atoms. The third-order valence-electron chi connectivity index (χ3n) is 5.65. The maximum absolute atomic E-state index is 12.9. The Morgan fingerprint density at radius 3 is 2.47 bits per heavy atom. The zero-order chi connectivity index (χ0) is 22.5. The van der Waals surface area contributed by atoms with Crippen molar-refractivity contribution in [3.63, 3.8) is 0 Å². The van der Waals surface area contributed by atoms with Crippen LogP contribution in [0.4, 0.5) is 0 Å². The summed E-state index contributed by atoms with van der Waals surface area (Å²) in [6.45, 7) is 4.03. The molecule has 0 atom stereocenters. The van der Waals surface area contributed by atoms with Crippen LogP contribution in [0.2, 0.25) is 0 Å². The highest BCUT2D eigenvalue weighted by molar-refractivity contribution is 6.44. The SMILES string of the molecule is Cc1ccc(OCCNC(=O)Cn2cc(C(=O)C(=O)N3CCCC3)c3ccccc32)cc1. The van der Waals surface area contributed by atoms with E-state index in [0.717, 1.165) is 29.7 Å². The lowest BCUT2D eigenvalue weighted by molar-refractivity contribution is -0.125. The summed E-state index contributed by atoms with van der Waals surface area (Å²) in [4.78, 5) is 39.6. The van der Waals surface area contributed by atoms with E-state index in [4.69, 9.17) is 4.74 Å². The lowest BCUT2D eigenvalue weighted by atomic mass is 10.1. The van der Waals surface area contributed by atoms with Crippen LogP contribution >= 0.6 is 0 Å². The Kier molecular flexibility index (Phi) is 6.54. The number of Topliss-reactive ketones (excluding diaryl/α,β-unsaturated/α-hetero) is 1. The summed E-state index contributed by atoms with van der Waals surface area (Å²) in [5.74, 6) is -0.424. The van der Waals surface area contributed by atoms with Crippen LogP contribution in [-0.2, 0) is 16.1 Å². The largest absolute Gasteiger partial charge is 0.492 e. The molecule has 4 rings (SSSR count). The minimum Gasteiger partial charge on any atom is -0.492 e. The topological polar surface area (TPSA) is 80.6 Å². The summed E-state index contributed by atoms with van der Waals surface area (Å²) in [5.41, 5.74) is 2.24. The average Bonchev–Trinajstić information content (AvgIpc) is 3.46. The molecule has 2 aromatic carbocycles. The van der Waals surface area contributed by atoms with Crippen LogP contribution in [0.3, 0.4) is 0 Å². The maximum atomic E-state index is 12.9. The number of hydrogen-bond acceptors (Lipinski definition) is 4. The second kappa shape index (κ2) is 9.68. The number of carbonyl (C=O) groups excluding carboxylic acids is 3. The highest BCUT2D eigenvalue weighted by atomic mass is 16.5. The van der Waals surface area contributed by atoms with Gasteiger partial charge in [0, 0.05) is 30.2 Å². The molecule has 7 heteroatoms. The fourth-order valence-electron chi connectivity index (χ4n) is 3.94. The van der Waals surface area contributed by atoms with E-state index in [1.54, 1.807) is 15.7 Å². The molecule has 0 spiro atoms. The van der Waals surface area contributed by atoms with Crippen LogP contribution in [0.1, 0.15) is 28.8 Å². The molecule has 7 nitrogen and oxygen atoms in total. The minimum atomic E-state index is -0.520. The van der Waals surface area contributed by atoms with E-state index in [9.17, 15) is 14.4 Å². The zero-order valence-electron chi connectivity index (χ0n) is 18.2. The van der Waals surface area contributed by atoms with Crippen LogP contribution in [0.25, 0.3) is 10.9 Å². The number of rotatable bonds is 8. The molecule has 1 N–H and O–H groups in total. The van der Waals surface area contributed by atoms with E-state index in [-0.39, 0.29) is 12.5 Å². The molecular weight excluding hydrogens is 406 g/mol. The molecule has 3 aromatic rings. The number of para-hydroxylation sites is 1. The van der Waals surface area contributed by atoms with Gasteiger partial charge in [0.1, 0.15) is 18.9 Å². The van der Waals surface area contributed by atoms with Gasteiger partial charge in [0.05, 0.1) is 12.1 Å².